The number of rotatable bonds is 4. The molecule has 0 N–H and O–H groups in total. The number of aromatic nitrogens is 1. The normalized spacial score (nSPS) is 10.2. The highest BCUT2D eigenvalue weighted by Crippen LogP contribution is 2.11. The zero-order chi connectivity index (χ0) is 12.1. The number of pyridine rings is 1. The first-order valence-electron chi connectivity index (χ1n) is 5.39. The van der Waals surface area contributed by atoms with E-state index in [1.165, 1.54) is 0 Å². The van der Waals surface area contributed by atoms with Crippen LogP contribution in [0.25, 0.3) is 0 Å². The minimum absolute atomic E-state index is 0.205. The van der Waals surface area contributed by atoms with Crippen LogP contribution in [0.15, 0.2) is 53.3 Å². The van der Waals surface area contributed by atoms with Crippen LogP contribution in [0.1, 0.15) is 11.1 Å². The third-order valence-corrected chi connectivity index (χ3v) is 2.84. The molecule has 0 fully saturated rings. The number of carbonyl (C=O) groups is 1. The summed E-state index contributed by atoms with van der Waals surface area (Å²) in [6, 6.07) is 11.7. The highest BCUT2D eigenvalue weighted by atomic mass is 79.9. The van der Waals surface area contributed by atoms with Crippen LogP contribution in [0.2, 0.25) is 0 Å². The largest absolute Gasteiger partial charge is 0.299 e. The Kier molecular flexibility index (Phi) is 4.04. The molecule has 0 saturated heterocycles. The third-order valence-electron chi connectivity index (χ3n) is 2.41. The summed E-state index contributed by atoms with van der Waals surface area (Å²) in [5.41, 5.74) is 2.00. The summed E-state index contributed by atoms with van der Waals surface area (Å²) in [7, 11) is 0. The number of hydrogen-bond donors (Lipinski definition) is 0. The number of halogens is 1. The molecular formula is C14H12BrNO. The Morgan fingerprint density at radius 2 is 1.76 bits per heavy atom. The van der Waals surface area contributed by atoms with Gasteiger partial charge in [-0.05, 0) is 33.1 Å². The van der Waals surface area contributed by atoms with E-state index >= 15 is 0 Å². The van der Waals surface area contributed by atoms with Gasteiger partial charge in [0.1, 0.15) is 5.78 Å². The lowest BCUT2D eigenvalue weighted by molar-refractivity contribution is -0.117. The van der Waals surface area contributed by atoms with E-state index in [2.05, 4.69) is 20.9 Å². The van der Waals surface area contributed by atoms with Crippen molar-refractivity contribution in [2.75, 3.05) is 0 Å². The minimum Gasteiger partial charge on any atom is -0.299 e. The van der Waals surface area contributed by atoms with Crippen molar-refractivity contribution in [2.24, 2.45) is 0 Å². The van der Waals surface area contributed by atoms with Crippen molar-refractivity contribution in [3.63, 3.8) is 0 Å². The Morgan fingerprint density at radius 1 is 1.06 bits per heavy atom. The maximum Gasteiger partial charge on any atom is 0.141 e. The van der Waals surface area contributed by atoms with Crippen molar-refractivity contribution in [1.82, 2.24) is 4.98 Å². The summed E-state index contributed by atoms with van der Waals surface area (Å²) in [4.78, 5) is 15.9. The molecule has 17 heavy (non-hydrogen) atoms. The Bertz CT molecular complexity index is 511. The summed E-state index contributed by atoms with van der Waals surface area (Å²) in [5, 5.41) is 0. The lowest BCUT2D eigenvalue weighted by Gasteiger charge is -2.02. The average Bonchev–Trinajstić information content (AvgIpc) is 2.30. The molecule has 0 aliphatic rings. The summed E-state index contributed by atoms with van der Waals surface area (Å²) in [5.74, 6) is 0.205. The SMILES string of the molecule is O=C(Cc1ccccc1)Cc1cncc(Br)c1. The lowest BCUT2D eigenvalue weighted by atomic mass is 10.0. The summed E-state index contributed by atoms with van der Waals surface area (Å²) >= 11 is 3.35. The Labute approximate surface area is 109 Å². The second-order valence-electron chi connectivity index (χ2n) is 3.89. The van der Waals surface area contributed by atoms with Crippen LogP contribution >= 0.6 is 15.9 Å². The number of hydrogen-bond acceptors (Lipinski definition) is 2. The number of ketones is 1. The van der Waals surface area contributed by atoms with Crippen LogP contribution in [0, 0.1) is 0 Å². The van der Waals surface area contributed by atoms with Gasteiger partial charge in [0.25, 0.3) is 0 Å². The Morgan fingerprint density at radius 3 is 2.47 bits per heavy atom. The fourth-order valence-electron chi connectivity index (χ4n) is 1.67. The van der Waals surface area contributed by atoms with Crippen molar-refractivity contribution < 1.29 is 4.79 Å². The molecular weight excluding hydrogens is 278 g/mol. The van der Waals surface area contributed by atoms with Gasteiger partial charge in [-0.3, -0.25) is 9.78 Å². The van der Waals surface area contributed by atoms with Gasteiger partial charge in [-0.25, -0.2) is 0 Å². The molecule has 0 amide bonds. The Hall–Kier alpha value is -1.48. The molecule has 0 aliphatic carbocycles. The maximum atomic E-state index is 11.9. The van der Waals surface area contributed by atoms with E-state index in [1.54, 1.807) is 12.4 Å². The van der Waals surface area contributed by atoms with E-state index < -0.39 is 0 Å². The number of Topliss-reactive ketones (excluding diaryl/α,β-unsaturated/α-hetero) is 1. The predicted octanol–water partition coefficient (Wildman–Crippen LogP) is 3.20. The van der Waals surface area contributed by atoms with Gasteiger partial charge in [0.2, 0.25) is 0 Å². The van der Waals surface area contributed by atoms with Gasteiger partial charge in [-0.2, -0.15) is 0 Å². The minimum atomic E-state index is 0.205. The van der Waals surface area contributed by atoms with Gasteiger partial charge in [0.05, 0.1) is 0 Å². The van der Waals surface area contributed by atoms with Crippen molar-refractivity contribution in [3.8, 4) is 0 Å². The number of nitrogens with zero attached hydrogens (tertiary/aromatic N) is 1. The summed E-state index contributed by atoms with van der Waals surface area (Å²) in [6.07, 6.45) is 4.35. The van der Waals surface area contributed by atoms with Crippen molar-refractivity contribution in [1.29, 1.82) is 0 Å². The second kappa shape index (κ2) is 5.73. The fourth-order valence-corrected chi connectivity index (χ4v) is 2.08. The Balaban J connectivity index is 1.98. The highest BCUT2D eigenvalue weighted by molar-refractivity contribution is 9.10. The molecule has 2 rings (SSSR count). The van der Waals surface area contributed by atoms with E-state index in [0.717, 1.165) is 15.6 Å². The van der Waals surface area contributed by atoms with Crippen LogP contribution in [0.5, 0.6) is 0 Å². The molecule has 0 aliphatic heterocycles. The molecule has 1 aromatic carbocycles. The monoisotopic (exact) mass is 289 g/mol. The average molecular weight is 290 g/mol. The van der Waals surface area contributed by atoms with Gasteiger partial charge in [-0.1, -0.05) is 30.3 Å². The molecule has 0 radical (unpaired) electrons. The smallest absolute Gasteiger partial charge is 0.141 e. The molecule has 2 nitrogen and oxygen atoms in total. The lowest BCUT2D eigenvalue weighted by Crippen LogP contribution is -2.06. The molecule has 86 valence electrons. The fraction of sp³-hybridized carbons (Fsp3) is 0.143. The summed E-state index contributed by atoms with van der Waals surface area (Å²) in [6.45, 7) is 0. The molecule has 0 unspecified atom stereocenters. The van der Waals surface area contributed by atoms with Crippen molar-refractivity contribution in [3.05, 3.63) is 64.4 Å². The zero-order valence-corrected chi connectivity index (χ0v) is 10.9. The zero-order valence-electron chi connectivity index (χ0n) is 9.27. The first-order chi connectivity index (χ1) is 8.24. The molecule has 3 heteroatoms. The van der Waals surface area contributed by atoms with Gasteiger partial charge in [0.15, 0.2) is 0 Å². The standard InChI is InChI=1S/C14H12BrNO/c15-13-6-12(9-16-10-13)8-14(17)7-11-4-2-1-3-5-11/h1-6,9-10H,7-8H2. The van der Waals surface area contributed by atoms with E-state index in [-0.39, 0.29) is 5.78 Å². The summed E-state index contributed by atoms with van der Waals surface area (Å²) < 4.78 is 0.905. The van der Waals surface area contributed by atoms with Crippen molar-refractivity contribution >= 4 is 21.7 Å². The van der Waals surface area contributed by atoms with Crippen LogP contribution in [0.4, 0.5) is 0 Å². The predicted molar refractivity (Wildman–Crippen MR) is 70.8 cm³/mol. The van der Waals surface area contributed by atoms with Crippen LogP contribution in [-0.4, -0.2) is 10.8 Å². The first kappa shape index (κ1) is 12.0. The van der Waals surface area contributed by atoms with Gasteiger partial charge < -0.3 is 0 Å². The third kappa shape index (κ3) is 3.79. The van der Waals surface area contributed by atoms with Gasteiger partial charge in [-0.15, -0.1) is 0 Å². The van der Waals surface area contributed by atoms with Gasteiger partial charge >= 0.3 is 0 Å². The van der Waals surface area contributed by atoms with Gasteiger partial charge in [0, 0.05) is 29.7 Å². The van der Waals surface area contributed by atoms with E-state index in [9.17, 15) is 4.79 Å². The van der Waals surface area contributed by atoms with Crippen LogP contribution in [0.3, 0.4) is 0 Å². The molecule has 0 saturated carbocycles. The van der Waals surface area contributed by atoms with E-state index in [4.69, 9.17) is 0 Å². The molecule has 0 bridgehead atoms. The van der Waals surface area contributed by atoms with E-state index in [0.29, 0.717) is 12.8 Å². The van der Waals surface area contributed by atoms with E-state index in [1.807, 2.05) is 36.4 Å². The topological polar surface area (TPSA) is 30.0 Å². The molecule has 0 atom stereocenters. The molecule has 1 aromatic heterocycles. The second-order valence-corrected chi connectivity index (χ2v) is 4.80. The van der Waals surface area contributed by atoms with Crippen LogP contribution in [-0.2, 0) is 17.6 Å². The number of carbonyl (C=O) groups excluding carboxylic acids is 1. The highest BCUT2D eigenvalue weighted by Gasteiger charge is 2.05. The molecule has 1 heterocycles. The molecule has 2 aromatic rings. The van der Waals surface area contributed by atoms with Crippen molar-refractivity contribution in [2.45, 2.75) is 12.8 Å². The molecule has 0 spiro atoms. The van der Waals surface area contributed by atoms with Crippen LogP contribution < -0.4 is 0 Å². The quantitative estimate of drug-likeness (QED) is 0.865. The maximum absolute atomic E-state index is 11.9. The first-order valence-corrected chi connectivity index (χ1v) is 6.18. The number of benzene rings is 1.